The van der Waals surface area contributed by atoms with Crippen LogP contribution in [0.2, 0.25) is 0 Å². The van der Waals surface area contributed by atoms with Crippen LogP contribution in [0.3, 0.4) is 0 Å². The summed E-state index contributed by atoms with van der Waals surface area (Å²) < 4.78 is 0. The number of rotatable bonds is 7. The summed E-state index contributed by atoms with van der Waals surface area (Å²) in [6.45, 7) is 5.43. The Labute approximate surface area is 214 Å². The van der Waals surface area contributed by atoms with E-state index in [2.05, 4.69) is 42.6 Å². The van der Waals surface area contributed by atoms with E-state index in [1.54, 1.807) is 12.4 Å². The first-order valence-electron chi connectivity index (χ1n) is 12.8. The number of aromatic amines is 2. The fourth-order valence-corrected chi connectivity index (χ4v) is 5.00. The van der Waals surface area contributed by atoms with Gasteiger partial charge < -0.3 is 20.5 Å². The van der Waals surface area contributed by atoms with Crippen molar-refractivity contribution >= 4 is 39.2 Å². The number of nitrogens with zero attached hydrogens (tertiary/aromatic N) is 4. The van der Waals surface area contributed by atoms with Gasteiger partial charge in [-0.2, -0.15) is 5.10 Å². The fraction of sp³-hybridized carbons (Fsp3) is 0.286. The van der Waals surface area contributed by atoms with Crippen LogP contribution in [-0.2, 0) is 0 Å². The second-order valence-corrected chi connectivity index (χ2v) is 9.64. The molecule has 0 unspecified atom stereocenters. The van der Waals surface area contributed by atoms with Gasteiger partial charge in [0.15, 0.2) is 5.82 Å². The van der Waals surface area contributed by atoms with Crippen LogP contribution in [0.5, 0.6) is 0 Å². The Hall–Kier alpha value is -4.24. The first-order chi connectivity index (χ1) is 18.1. The lowest BCUT2D eigenvalue weighted by Gasteiger charge is -2.31. The Kier molecular flexibility index (Phi) is 6.28. The van der Waals surface area contributed by atoms with Gasteiger partial charge in [-0.3, -0.25) is 9.89 Å². The van der Waals surface area contributed by atoms with Gasteiger partial charge in [0.05, 0.1) is 11.7 Å². The van der Waals surface area contributed by atoms with Gasteiger partial charge in [0.1, 0.15) is 11.5 Å². The third-order valence-corrected chi connectivity index (χ3v) is 6.96. The molecule has 1 aliphatic heterocycles. The lowest BCUT2D eigenvalue weighted by Crippen LogP contribution is -2.44. The molecule has 0 aliphatic carbocycles. The highest BCUT2D eigenvalue weighted by atomic mass is 16.1. The molecule has 6 rings (SSSR count). The van der Waals surface area contributed by atoms with E-state index in [9.17, 15) is 4.79 Å². The maximum Gasteiger partial charge on any atom is 0.267 e. The van der Waals surface area contributed by atoms with Crippen LogP contribution in [0.15, 0.2) is 60.9 Å². The van der Waals surface area contributed by atoms with E-state index in [0.29, 0.717) is 17.3 Å². The van der Waals surface area contributed by atoms with Crippen molar-refractivity contribution < 1.29 is 4.79 Å². The van der Waals surface area contributed by atoms with Gasteiger partial charge in [-0.15, -0.1) is 0 Å². The monoisotopic (exact) mass is 494 g/mol. The van der Waals surface area contributed by atoms with Crippen molar-refractivity contribution in [3.05, 3.63) is 66.6 Å². The number of amides is 1. The van der Waals surface area contributed by atoms with E-state index < -0.39 is 0 Å². The van der Waals surface area contributed by atoms with Gasteiger partial charge in [-0.25, -0.2) is 9.97 Å². The average Bonchev–Trinajstić information content (AvgIpc) is 3.56. The minimum atomic E-state index is -0.0521. The number of aromatic nitrogens is 5. The van der Waals surface area contributed by atoms with Crippen molar-refractivity contribution in [1.29, 1.82) is 0 Å². The number of hydrogen-bond acceptors (Lipinski definition) is 6. The summed E-state index contributed by atoms with van der Waals surface area (Å²) in [6, 6.07) is 15.9. The Morgan fingerprint density at radius 1 is 1.05 bits per heavy atom. The van der Waals surface area contributed by atoms with Crippen LogP contribution < -0.4 is 10.6 Å². The molecule has 0 radical (unpaired) electrons. The van der Waals surface area contributed by atoms with E-state index in [4.69, 9.17) is 4.98 Å². The highest BCUT2D eigenvalue weighted by molar-refractivity contribution is 5.98. The van der Waals surface area contributed by atoms with Crippen LogP contribution in [0.1, 0.15) is 36.7 Å². The molecular weight excluding hydrogens is 464 g/mol. The summed E-state index contributed by atoms with van der Waals surface area (Å²) in [5.74, 6) is 1.25. The molecule has 2 aromatic carbocycles. The number of H-pyrrole nitrogens is 2. The fourth-order valence-electron chi connectivity index (χ4n) is 5.00. The summed E-state index contributed by atoms with van der Waals surface area (Å²) in [7, 11) is 0. The van der Waals surface area contributed by atoms with Crippen molar-refractivity contribution in [3.8, 4) is 11.4 Å². The summed E-state index contributed by atoms with van der Waals surface area (Å²) in [5, 5.41) is 15.6. The first-order valence-corrected chi connectivity index (χ1v) is 12.8. The second kappa shape index (κ2) is 10.0. The molecule has 1 amide bonds. The molecule has 5 aromatic rings. The lowest BCUT2D eigenvalue weighted by atomic mass is 10.0. The number of hydrogen-bond donors (Lipinski definition) is 4. The zero-order valence-corrected chi connectivity index (χ0v) is 20.8. The number of fused-ring (bicyclic) bond motifs is 2. The minimum absolute atomic E-state index is 0.0521. The van der Waals surface area contributed by atoms with Crippen LogP contribution >= 0.6 is 0 Å². The van der Waals surface area contributed by atoms with Gasteiger partial charge in [-0.05, 0) is 62.2 Å². The van der Waals surface area contributed by atoms with E-state index in [1.165, 1.54) is 6.42 Å². The van der Waals surface area contributed by atoms with E-state index in [0.717, 1.165) is 65.5 Å². The Morgan fingerprint density at radius 2 is 1.95 bits per heavy atom. The maximum atomic E-state index is 12.9. The maximum absolute atomic E-state index is 12.9. The summed E-state index contributed by atoms with van der Waals surface area (Å²) in [4.78, 5) is 27.9. The molecule has 37 heavy (non-hydrogen) atoms. The van der Waals surface area contributed by atoms with Gasteiger partial charge in [0.25, 0.3) is 5.91 Å². The lowest BCUT2D eigenvalue weighted by molar-refractivity contribution is 0.0907. The standard InChI is InChI=1S/C28H30N8O/c1-2-11-36-12-8-21(9-13-36)32-28(37)25-15-18-3-4-19(16-24(18)33-25)27-29-10-7-26(34-27)31-22-5-6-23-20(14-22)17-30-35-23/h3-7,10,14-17,21,33H,2,8-9,11-13H2,1H3,(H,30,35)(H,32,37)(H,29,31,34). The zero-order chi connectivity index (χ0) is 25.2. The number of nitrogens with one attached hydrogen (secondary N) is 4. The number of likely N-dealkylation sites (tertiary alicyclic amines) is 1. The molecule has 0 spiro atoms. The quantitative estimate of drug-likeness (QED) is 0.257. The molecular formula is C28H30N8O. The highest BCUT2D eigenvalue weighted by Gasteiger charge is 2.21. The molecule has 4 heterocycles. The van der Waals surface area contributed by atoms with Crippen molar-refractivity contribution in [1.82, 2.24) is 35.4 Å². The van der Waals surface area contributed by atoms with Gasteiger partial charge >= 0.3 is 0 Å². The molecule has 9 heteroatoms. The normalized spacial score (nSPS) is 14.8. The van der Waals surface area contributed by atoms with Crippen LogP contribution in [0.25, 0.3) is 33.2 Å². The van der Waals surface area contributed by atoms with Gasteiger partial charge in [0, 0.05) is 52.9 Å². The van der Waals surface area contributed by atoms with Crippen molar-refractivity contribution in [3.63, 3.8) is 0 Å². The van der Waals surface area contributed by atoms with Gasteiger partial charge in [0.2, 0.25) is 0 Å². The second-order valence-electron chi connectivity index (χ2n) is 9.64. The van der Waals surface area contributed by atoms with Crippen molar-refractivity contribution in [2.45, 2.75) is 32.2 Å². The Balaban J connectivity index is 1.16. The molecule has 0 atom stereocenters. The van der Waals surface area contributed by atoms with E-state index >= 15 is 0 Å². The molecule has 1 saturated heterocycles. The number of carbonyl (C=O) groups is 1. The summed E-state index contributed by atoms with van der Waals surface area (Å²) >= 11 is 0. The van der Waals surface area contributed by atoms with Crippen LogP contribution in [0, 0.1) is 0 Å². The third-order valence-electron chi connectivity index (χ3n) is 6.96. The number of benzene rings is 2. The van der Waals surface area contributed by atoms with Crippen molar-refractivity contribution in [2.75, 3.05) is 25.0 Å². The predicted molar refractivity (Wildman–Crippen MR) is 146 cm³/mol. The molecule has 188 valence electrons. The largest absolute Gasteiger partial charge is 0.351 e. The molecule has 9 nitrogen and oxygen atoms in total. The topological polar surface area (TPSA) is 115 Å². The molecule has 3 aromatic heterocycles. The minimum Gasteiger partial charge on any atom is -0.351 e. The number of piperidine rings is 1. The van der Waals surface area contributed by atoms with E-state index in [1.807, 2.05) is 48.5 Å². The van der Waals surface area contributed by atoms with Crippen LogP contribution in [0.4, 0.5) is 11.5 Å². The molecule has 1 aliphatic rings. The molecule has 0 bridgehead atoms. The Bertz CT molecular complexity index is 1550. The molecule has 0 saturated carbocycles. The molecule has 1 fully saturated rings. The van der Waals surface area contributed by atoms with Crippen molar-refractivity contribution in [2.24, 2.45) is 0 Å². The SMILES string of the molecule is CCCN1CCC(NC(=O)c2cc3ccc(-c4nccc(Nc5ccc6[nH]ncc6c5)n4)cc3[nH]2)CC1. The number of carbonyl (C=O) groups excluding carboxylic acids is 1. The highest BCUT2D eigenvalue weighted by Crippen LogP contribution is 2.25. The Morgan fingerprint density at radius 3 is 2.81 bits per heavy atom. The van der Waals surface area contributed by atoms with E-state index in [-0.39, 0.29) is 11.9 Å². The first kappa shape index (κ1) is 23.2. The zero-order valence-electron chi connectivity index (χ0n) is 20.8. The third kappa shape index (κ3) is 5.03. The summed E-state index contributed by atoms with van der Waals surface area (Å²) in [6.07, 6.45) is 6.69. The molecule has 4 N–H and O–H groups in total. The smallest absolute Gasteiger partial charge is 0.267 e. The predicted octanol–water partition coefficient (Wildman–Crippen LogP) is 4.85. The average molecular weight is 495 g/mol. The van der Waals surface area contributed by atoms with Gasteiger partial charge in [-0.1, -0.05) is 19.1 Å². The summed E-state index contributed by atoms with van der Waals surface area (Å²) in [5.41, 5.74) is 4.24. The van der Waals surface area contributed by atoms with Crippen LogP contribution in [-0.4, -0.2) is 61.6 Å². The number of anilines is 2.